The normalized spacial score (nSPS) is 13.2. The van der Waals surface area contributed by atoms with Crippen LogP contribution in [0.3, 0.4) is 0 Å². The number of rotatable bonds is 4. The number of hydrogen-bond acceptors (Lipinski definition) is 5. The zero-order chi connectivity index (χ0) is 16.6. The summed E-state index contributed by atoms with van der Waals surface area (Å²) >= 11 is 1.34. The lowest BCUT2D eigenvalue weighted by Gasteiger charge is -2.15. The molecule has 0 saturated heterocycles. The zero-order valence-electron chi connectivity index (χ0n) is 13.1. The fraction of sp³-hybridized carbons (Fsp3) is 0.250. The zero-order valence-corrected chi connectivity index (χ0v) is 14.7. The summed E-state index contributed by atoms with van der Waals surface area (Å²) in [6.45, 7) is 5.63. The molecule has 0 bridgehead atoms. The van der Waals surface area contributed by atoms with Gasteiger partial charge in [-0.05, 0) is 38.0 Å². The molecule has 1 aromatic carbocycles. The van der Waals surface area contributed by atoms with Crippen molar-refractivity contribution in [1.29, 1.82) is 0 Å². The molecule has 7 heteroatoms. The molecule has 1 atom stereocenters. The molecule has 0 amide bonds. The number of hydrogen-bond donors (Lipinski definition) is 0. The topological polar surface area (TPSA) is 64.8 Å². The summed E-state index contributed by atoms with van der Waals surface area (Å²) in [5.41, 5.74) is 2.96. The number of aryl methyl sites for hydroxylation is 1. The number of aromatic nitrogens is 3. The summed E-state index contributed by atoms with van der Waals surface area (Å²) in [5, 5.41) is 1.67. The molecular weight excluding hydrogens is 330 g/mol. The smallest absolute Gasteiger partial charge is 0.232 e. The maximum Gasteiger partial charge on any atom is 0.232 e. The molecule has 0 N–H and O–H groups in total. The van der Waals surface area contributed by atoms with Gasteiger partial charge in [0.25, 0.3) is 0 Å². The van der Waals surface area contributed by atoms with Gasteiger partial charge >= 0.3 is 0 Å². The Labute approximate surface area is 139 Å². The Bertz CT molecular complexity index is 928. The molecule has 3 rings (SSSR count). The second-order valence-corrected chi connectivity index (χ2v) is 8.44. The summed E-state index contributed by atoms with van der Waals surface area (Å²) in [6.07, 6.45) is 4.82. The maximum absolute atomic E-state index is 13.0. The molecule has 0 fully saturated rings. The van der Waals surface area contributed by atoms with E-state index in [4.69, 9.17) is 0 Å². The minimum atomic E-state index is -3.63. The fourth-order valence-corrected chi connectivity index (χ4v) is 4.81. The second kappa shape index (κ2) is 5.90. The summed E-state index contributed by atoms with van der Waals surface area (Å²) in [5.74, 6) is 0. The van der Waals surface area contributed by atoms with E-state index in [1.807, 2.05) is 32.0 Å². The largest absolute Gasteiger partial charge is 0.290 e. The molecule has 23 heavy (non-hydrogen) atoms. The van der Waals surface area contributed by atoms with Gasteiger partial charge in [0.2, 0.25) is 15.0 Å². The molecule has 1 unspecified atom stereocenters. The molecule has 0 aliphatic rings. The molecule has 2 aromatic heterocycles. The maximum atomic E-state index is 13.0. The lowest BCUT2D eigenvalue weighted by atomic mass is 10.1. The first-order chi connectivity index (χ1) is 10.9. The van der Waals surface area contributed by atoms with Crippen LogP contribution in [-0.4, -0.2) is 23.0 Å². The number of imidazole rings is 1. The van der Waals surface area contributed by atoms with Crippen molar-refractivity contribution < 1.29 is 8.42 Å². The van der Waals surface area contributed by atoms with Crippen LogP contribution in [0.2, 0.25) is 0 Å². The molecule has 0 radical (unpaired) electrons. The third-order valence-electron chi connectivity index (χ3n) is 3.96. The highest BCUT2D eigenvalue weighted by Crippen LogP contribution is 2.30. The van der Waals surface area contributed by atoms with E-state index in [9.17, 15) is 8.42 Å². The van der Waals surface area contributed by atoms with Crippen molar-refractivity contribution in [1.82, 2.24) is 14.5 Å². The van der Waals surface area contributed by atoms with Crippen molar-refractivity contribution in [3.63, 3.8) is 0 Å². The number of nitrogens with zero attached hydrogens (tertiary/aromatic N) is 3. The summed E-state index contributed by atoms with van der Waals surface area (Å²) < 4.78 is 27.6. The van der Waals surface area contributed by atoms with Gasteiger partial charge in [-0.3, -0.25) is 4.57 Å². The van der Waals surface area contributed by atoms with E-state index in [1.54, 1.807) is 29.3 Å². The first kappa shape index (κ1) is 15.9. The predicted molar refractivity (Wildman–Crippen MR) is 90.8 cm³/mol. The standard InChI is InChI=1S/C16H17N3O2S2/c1-11-5-4-6-14(12(11)2)19-9-7-18-16(19)23(20,21)13(3)15-17-8-10-22-15/h4-10,13H,1-3H3. The highest BCUT2D eigenvalue weighted by molar-refractivity contribution is 7.91. The highest BCUT2D eigenvalue weighted by Gasteiger charge is 2.31. The van der Waals surface area contributed by atoms with Crippen molar-refractivity contribution in [3.05, 3.63) is 58.3 Å². The monoisotopic (exact) mass is 347 g/mol. The Balaban J connectivity index is 2.13. The van der Waals surface area contributed by atoms with E-state index in [0.29, 0.717) is 5.01 Å². The van der Waals surface area contributed by atoms with Crippen LogP contribution in [0.1, 0.15) is 28.3 Å². The van der Waals surface area contributed by atoms with Crippen LogP contribution in [0.25, 0.3) is 5.69 Å². The van der Waals surface area contributed by atoms with Crippen molar-refractivity contribution in [3.8, 4) is 5.69 Å². The van der Waals surface area contributed by atoms with Gasteiger partial charge < -0.3 is 0 Å². The predicted octanol–water partition coefficient (Wildman–Crippen LogP) is 3.48. The summed E-state index contributed by atoms with van der Waals surface area (Å²) in [6, 6.07) is 5.82. The van der Waals surface area contributed by atoms with E-state index in [0.717, 1.165) is 16.8 Å². The van der Waals surface area contributed by atoms with Gasteiger partial charge in [-0.25, -0.2) is 18.4 Å². The van der Waals surface area contributed by atoms with Crippen LogP contribution >= 0.6 is 11.3 Å². The quantitative estimate of drug-likeness (QED) is 0.725. The molecule has 0 spiro atoms. The van der Waals surface area contributed by atoms with Gasteiger partial charge in [0.05, 0.1) is 5.69 Å². The van der Waals surface area contributed by atoms with Crippen LogP contribution in [0.15, 0.2) is 47.3 Å². The first-order valence-electron chi connectivity index (χ1n) is 7.16. The Morgan fingerprint density at radius 1 is 1.17 bits per heavy atom. The van der Waals surface area contributed by atoms with Crippen molar-refractivity contribution in [2.45, 2.75) is 31.2 Å². The van der Waals surface area contributed by atoms with Crippen LogP contribution in [0.4, 0.5) is 0 Å². The fourth-order valence-electron chi connectivity index (χ4n) is 2.41. The number of benzene rings is 1. The molecule has 3 aromatic rings. The average Bonchev–Trinajstić information content (AvgIpc) is 3.20. The van der Waals surface area contributed by atoms with Gasteiger partial charge in [-0.2, -0.15) is 0 Å². The molecular formula is C16H17N3O2S2. The van der Waals surface area contributed by atoms with Crippen LogP contribution in [-0.2, 0) is 9.84 Å². The summed E-state index contributed by atoms with van der Waals surface area (Å²) in [7, 11) is -3.63. The molecule has 0 saturated carbocycles. The Morgan fingerprint density at radius 2 is 1.96 bits per heavy atom. The van der Waals surface area contributed by atoms with E-state index in [2.05, 4.69) is 9.97 Å². The van der Waals surface area contributed by atoms with E-state index in [1.165, 1.54) is 17.5 Å². The Hall–Kier alpha value is -1.99. The van der Waals surface area contributed by atoms with Crippen LogP contribution in [0, 0.1) is 13.8 Å². The number of sulfone groups is 1. The first-order valence-corrected chi connectivity index (χ1v) is 9.58. The lowest BCUT2D eigenvalue weighted by molar-refractivity contribution is 0.573. The van der Waals surface area contributed by atoms with Gasteiger partial charge in [-0.1, -0.05) is 12.1 Å². The molecule has 0 aliphatic carbocycles. The summed E-state index contributed by atoms with van der Waals surface area (Å²) in [4.78, 5) is 8.25. The highest BCUT2D eigenvalue weighted by atomic mass is 32.2. The van der Waals surface area contributed by atoms with Gasteiger partial charge in [0.15, 0.2) is 0 Å². The Morgan fingerprint density at radius 3 is 2.65 bits per heavy atom. The number of thiazole rings is 1. The van der Waals surface area contributed by atoms with E-state index >= 15 is 0 Å². The van der Waals surface area contributed by atoms with Crippen LogP contribution in [0.5, 0.6) is 0 Å². The Kier molecular flexibility index (Phi) is 4.08. The van der Waals surface area contributed by atoms with E-state index < -0.39 is 15.1 Å². The lowest BCUT2D eigenvalue weighted by Crippen LogP contribution is -2.16. The third kappa shape index (κ3) is 2.70. The second-order valence-electron chi connectivity index (χ2n) is 5.36. The average molecular weight is 347 g/mol. The molecule has 2 heterocycles. The van der Waals surface area contributed by atoms with Gasteiger partial charge in [0, 0.05) is 24.0 Å². The van der Waals surface area contributed by atoms with Crippen LogP contribution < -0.4 is 0 Å². The SMILES string of the molecule is Cc1cccc(-n2ccnc2S(=O)(=O)C(C)c2nccs2)c1C. The van der Waals surface area contributed by atoms with Gasteiger partial charge in [-0.15, -0.1) is 11.3 Å². The molecule has 5 nitrogen and oxygen atoms in total. The van der Waals surface area contributed by atoms with Gasteiger partial charge in [0.1, 0.15) is 10.3 Å². The third-order valence-corrected chi connectivity index (χ3v) is 7.03. The minimum Gasteiger partial charge on any atom is -0.290 e. The van der Waals surface area contributed by atoms with Crippen molar-refractivity contribution in [2.75, 3.05) is 0 Å². The molecule has 0 aliphatic heterocycles. The van der Waals surface area contributed by atoms with Crippen molar-refractivity contribution in [2.24, 2.45) is 0 Å². The minimum absolute atomic E-state index is 0.0499. The van der Waals surface area contributed by atoms with Crippen molar-refractivity contribution >= 4 is 21.2 Å². The molecule has 120 valence electrons. The van der Waals surface area contributed by atoms with E-state index in [-0.39, 0.29) is 5.16 Å².